The fraction of sp³-hybridized carbons (Fsp3) is 0.333. The molecule has 2 heterocycles. The van der Waals surface area contributed by atoms with E-state index in [-0.39, 0.29) is 17.9 Å². The first-order valence-electron chi connectivity index (χ1n) is 11.1. The zero-order chi connectivity index (χ0) is 23.9. The number of likely N-dealkylation sites (tertiary alicyclic amines) is 1. The van der Waals surface area contributed by atoms with Gasteiger partial charge in [-0.1, -0.05) is 11.3 Å². The van der Waals surface area contributed by atoms with E-state index in [1.807, 2.05) is 31.2 Å². The number of carbonyl (C=O) groups is 2. The maximum atomic E-state index is 12.6. The van der Waals surface area contributed by atoms with Crippen LogP contribution in [0.5, 0.6) is 11.5 Å². The molecule has 178 valence electrons. The molecular formula is C24H27N5O4S. The summed E-state index contributed by atoms with van der Waals surface area (Å²) < 4.78 is 10.6. The van der Waals surface area contributed by atoms with Crippen LogP contribution >= 0.6 is 11.3 Å². The van der Waals surface area contributed by atoms with Crippen LogP contribution < -0.4 is 20.1 Å². The first kappa shape index (κ1) is 23.5. The lowest BCUT2D eigenvalue weighted by molar-refractivity contribution is 0.102. The number of hydrogen-bond donors (Lipinski definition) is 2. The lowest BCUT2D eigenvalue weighted by Crippen LogP contribution is -2.40. The van der Waals surface area contributed by atoms with Crippen LogP contribution in [-0.2, 0) is 0 Å². The Morgan fingerprint density at radius 3 is 2.21 bits per heavy atom. The van der Waals surface area contributed by atoms with Gasteiger partial charge in [-0.15, -0.1) is 10.2 Å². The summed E-state index contributed by atoms with van der Waals surface area (Å²) in [5, 5.41) is 15.2. The van der Waals surface area contributed by atoms with Crippen LogP contribution in [0.2, 0.25) is 0 Å². The molecule has 34 heavy (non-hydrogen) atoms. The molecule has 1 aliphatic rings. The van der Waals surface area contributed by atoms with E-state index in [0.29, 0.717) is 30.4 Å². The van der Waals surface area contributed by atoms with Crippen molar-refractivity contribution in [2.24, 2.45) is 0 Å². The number of methoxy groups -OCH3 is 1. The minimum Gasteiger partial charge on any atom is -0.497 e. The van der Waals surface area contributed by atoms with Crippen molar-refractivity contribution in [3.8, 4) is 11.5 Å². The van der Waals surface area contributed by atoms with Crippen LogP contribution in [0.25, 0.3) is 0 Å². The van der Waals surface area contributed by atoms with Gasteiger partial charge in [-0.3, -0.25) is 4.79 Å². The average molecular weight is 482 g/mol. The SMILES string of the molecule is CCOc1ccc(NC(=O)N2CCC(c3nnc(C(=O)Nc4ccc(OC)cc4)s3)CC2)cc1. The summed E-state index contributed by atoms with van der Waals surface area (Å²) in [5.41, 5.74) is 1.39. The van der Waals surface area contributed by atoms with Crippen molar-refractivity contribution < 1.29 is 19.1 Å². The first-order chi connectivity index (χ1) is 16.6. The Labute approximate surface area is 202 Å². The van der Waals surface area contributed by atoms with E-state index in [1.54, 1.807) is 36.3 Å². The van der Waals surface area contributed by atoms with E-state index >= 15 is 0 Å². The molecule has 4 rings (SSSR count). The van der Waals surface area contributed by atoms with Crippen molar-refractivity contribution in [3.05, 3.63) is 58.5 Å². The molecule has 3 aromatic rings. The van der Waals surface area contributed by atoms with Crippen molar-refractivity contribution in [2.75, 3.05) is 37.4 Å². The third-order valence-corrected chi connectivity index (χ3v) is 6.62. The van der Waals surface area contributed by atoms with Gasteiger partial charge >= 0.3 is 6.03 Å². The molecule has 0 unspecified atom stereocenters. The van der Waals surface area contributed by atoms with Crippen molar-refractivity contribution in [3.63, 3.8) is 0 Å². The van der Waals surface area contributed by atoms with Gasteiger partial charge in [-0.25, -0.2) is 4.79 Å². The predicted molar refractivity (Wildman–Crippen MR) is 131 cm³/mol. The molecule has 1 aliphatic heterocycles. The number of amides is 3. The summed E-state index contributed by atoms with van der Waals surface area (Å²) in [6.07, 6.45) is 1.54. The van der Waals surface area contributed by atoms with Crippen LogP contribution in [-0.4, -0.2) is 53.8 Å². The molecule has 2 N–H and O–H groups in total. The van der Waals surface area contributed by atoms with Gasteiger partial charge in [0.15, 0.2) is 0 Å². The Hall–Kier alpha value is -3.66. The highest BCUT2D eigenvalue weighted by molar-refractivity contribution is 7.13. The number of urea groups is 1. The van der Waals surface area contributed by atoms with Crippen molar-refractivity contribution in [2.45, 2.75) is 25.7 Å². The maximum absolute atomic E-state index is 12.6. The van der Waals surface area contributed by atoms with Gasteiger partial charge in [0.1, 0.15) is 16.5 Å². The highest BCUT2D eigenvalue weighted by atomic mass is 32.1. The van der Waals surface area contributed by atoms with E-state index in [4.69, 9.17) is 9.47 Å². The molecule has 2 aromatic carbocycles. The highest BCUT2D eigenvalue weighted by Crippen LogP contribution is 2.31. The number of aromatic nitrogens is 2. The van der Waals surface area contributed by atoms with Gasteiger partial charge in [-0.05, 0) is 68.3 Å². The van der Waals surface area contributed by atoms with Gasteiger partial charge < -0.3 is 25.0 Å². The molecule has 10 heteroatoms. The number of anilines is 2. The normalized spacial score (nSPS) is 13.9. The van der Waals surface area contributed by atoms with Gasteiger partial charge in [0.05, 0.1) is 13.7 Å². The smallest absolute Gasteiger partial charge is 0.321 e. The maximum Gasteiger partial charge on any atom is 0.321 e. The number of carbonyl (C=O) groups excluding carboxylic acids is 2. The predicted octanol–water partition coefficient (Wildman–Crippen LogP) is 4.61. The first-order valence-corrected chi connectivity index (χ1v) is 11.9. The molecule has 9 nitrogen and oxygen atoms in total. The molecule has 0 spiro atoms. The highest BCUT2D eigenvalue weighted by Gasteiger charge is 2.27. The van der Waals surface area contributed by atoms with Gasteiger partial charge in [0.25, 0.3) is 5.91 Å². The Kier molecular flexibility index (Phi) is 7.58. The topological polar surface area (TPSA) is 106 Å². The largest absolute Gasteiger partial charge is 0.497 e. The number of nitrogens with zero attached hydrogens (tertiary/aromatic N) is 3. The summed E-state index contributed by atoms with van der Waals surface area (Å²) >= 11 is 1.30. The summed E-state index contributed by atoms with van der Waals surface area (Å²) in [6.45, 7) is 3.75. The second kappa shape index (κ2) is 11.0. The Bertz CT molecular complexity index is 1110. The van der Waals surface area contributed by atoms with E-state index in [0.717, 1.165) is 35.0 Å². The summed E-state index contributed by atoms with van der Waals surface area (Å²) in [4.78, 5) is 27.0. The second-order valence-electron chi connectivity index (χ2n) is 7.78. The molecule has 0 bridgehead atoms. The molecular weight excluding hydrogens is 454 g/mol. The van der Waals surface area contributed by atoms with Crippen molar-refractivity contribution >= 4 is 34.6 Å². The monoisotopic (exact) mass is 481 g/mol. The molecule has 1 aromatic heterocycles. The van der Waals surface area contributed by atoms with E-state index in [2.05, 4.69) is 20.8 Å². The standard InChI is InChI=1S/C24H27N5O4S/c1-3-33-20-10-6-18(7-11-20)26-24(31)29-14-12-16(13-15-29)22-27-28-23(34-22)21(30)25-17-4-8-19(32-2)9-5-17/h4-11,16H,3,12-15H2,1-2H3,(H,25,30)(H,26,31). The number of piperidine rings is 1. The van der Waals surface area contributed by atoms with Gasteiger partial charge in [0, 0.05) is 30.4 Å². The zero-order valence-corrected chi connectivity index (χ0v) is 19.9. The van der Waals surface area contributed by atoms with E-state index in [9.17, 15) is 9.59 Å². The number of nitrogens with one attached hydrogen (secondary N) is 2. The second-order valence-corrected chi connectivity index (χ2v) is 8.79. The molecule has 0 saturated carbocycles. The average Bonchev–Trinajstić information content (AvgIpc) is 3.37. The van der Waals surface area contributed by atoms with E-state index in [1.165, 1.54) is 11.3 Å². The molecule has 0 radical (unpaired) electrons. The molecule has 3 amide bonds. The minimum absolute atomic E-state index is 0.126. The molecule has 1 saturated heterocycles. The van der Waals surface area contributed by atoms with Crippen molar-refractivity contribution in [1.29, 1.82) is 0 Å². The van der Waals surface area contributed by atoms with Crippen LogP contribution in [0.4, 0.5) is 16.2 Å². The Balaban J connectivity index is 1.27. The Morgan fingerprint density at radius 1 is 0.971 bits per heavy atom. The molecule has 0 atom stereocenters. The summed E-state index contributed by atoms with van der Waals surface area (Å²) in [6, 6.07) is 14.3. The third-order valence-electron chi connectivity index (χ3n) is 5.53. The fourth-order valence-corrected chi connectivity index (χ4v) is 4.59. The van der Waals surface area contributed by atoms with Crippen LogP contribution in [0, 0.1) is 0 Å². The van der Waals surface area contributed by atoms with Crippen molar-refractivity contribution in [1.82, 2.24) is 15.1 Å². The lowest BCUT2D eigenvalue weighted by Gasteiger charge is -2.31. The fourth-order valence-electron chi connectivity index (χ4n) is 3.68. The van der Waals surface area contributed by atoms with Crippen LogP contribution in [0.1, 0.15) is 40.5 Å². The number of rotatable bonds is 7. The van der Waals surface area contributed by atoms with Crippen LogP contribution in [0.3, 0.4) is 0 Å². The number of benzene rings is 2. The van der Waals surface area contributed by atoms with Gasteiger partial charge in [0.2, 0.25) is 5.01 Å². The lowest BCUT2D eigenvalue weighted by atomic mass is 9.98. The van der Waals surface area contributed by atoms with Crippen LogP contribution in [0.15, 0.2) is 48.5 Å². The minimum atomic E-state index is -0.291. The number of hydrogen-bond acceptors (Lipinski definition) is 7. The third kappa shape index (κ3) is 5.82. The molecule has 1 fully saturated rings. The quantitative estimate of drug-likeness (QED) is 0.511. The van der Waals surface area contributed by atoms with Gasteiger partial charge in [-0.2, -0.15) is 0 Å². The van der Waals surface area contributed by atoms with E-state index < -0.39 is 0 Å². The number of ether oxygens (including phenoxy) is 2. The summed E-state index contributed by atoms with van der Waals surface area (Å²) in [7, 11) is 1.59. The Morgan fingerprint density at radius 2 is 1.59 bits per heavy atom. The zero-order valence-electron chi connectivity index (χ0n) is 19.1. The molecule has 0 aliphatic carbocycles. The summed E-state index contributed by atoms with van der Waals surface area (Å²) in [5.74, 6) is 1.38.